The topological polar surface area (TPSA) is 52.0 Å². The largest absolute Gasteiger partial charge is 0.435 e. The Morgan fingerprint density at radius 2 is 1.66 bits per heavy atom. The molecule has 2 heterocycles. The van der Waals surface area contributed by atoms with Gasteiger partial charge in [-0.05, 0) is 48.0 Å². The maximum Gasteiger partial charge on any atom is 0.435 e. The predicted molar refractivity (Wildman–Crippen MR) is 120 cm³/mol. The Balaban J connectivity index is 1.86. The second-order valence-electron chi connectivity index (χ2n) is 6.86. The first-order valence-corrected chi connectivity index (χ1v) is 12.4. The third-order valence-corrected chi connectivity index (χ3v) is 7.64. The van der Waals surface area contributed by atoms with Crippen molar-refractivity contribution >= 4 is 44.4 Å². The molecule has 0 aliphatic rings. The molecule has 0 radical (unpaired) electrons. The van der Waals surface area contributed by atoms with Crippen molar-refractivity contribution < 1.29 is 21.6 Å². The van der Waals surface area contributed by atoms with Crippen LogP contribution in [-0.2, 0) is 16.0 Å². The van der Waals surface area contributed by atoms with Gasteiger partial charge in [0.25, 0.3) is 0 Å². The van der Waals surface area contributed by atoms with Gasteiger partial charge < -0.3 is 0 Å². The van der Waals surface area contributed by atoms with Gasteiger partial charge in [-0.25, -0.2) is 13.1 Å². The predicted octanol–water partition coefficient (Wildman–Crippen LogP) is 7.00. The first-order chi connectivity index (χ1) is 14.9. The number of nitrogens with zero attached hydrogens (tertiary/aromatic N) is 2. The zero-order valence-corrected chi connectivity index (χ0v) is 19.3. The molecule has 0 saturated heterocycles. The molecule has 0 atom stereocenters. The molecule has 0 saturated carbocycles. The molecule has 0 unspecified atom stereocenters. The summed E-state index contributed by atoms with van der Waals surface area (Å²) < 4.78 is 65.1. The van der Waals surface area contributed by atoms with Gasteiger partial charge in [0.1, 0.15) is 0 Å². The molecule has 2 aromatic carbocycles. The van der Waals surface area contributed by atoms with E-state index in [1.54, 1.807) is 30.3 Å². The Hall–Kier alpha value is -2.33. The zero-order chi connectivity index (χ0) is 23.3. The van der Waals surface area contributed by atoms with Crippen molar-refractivity contribution in [3.63, 3.8) is 0 Å². The fraction of sp³-hybridized carbons (Fsp3) is 0.0952. The maximum atomic E-state index is 13.4. The highest BCUT2D eigenvalue weighted by Crippen LogP contribution is 2.40. The van der Waals surface area contributed by atoms with Gasteiger partial charge in [-0.3, -0.25) is 0 Å². The van der Waals surface area contributed by atoms with Crippen molar-refractivity contribution in [2.75, 3.05) is 6.26 Å². The molecule has 11 heteroatoms. The summed E-state index contributed by atoms with van der Waals surface area (Å²) in [5, 5.41) is 3.99. The fourth-order valence-electron chi connectivity index (χ4n) is 3.05. The van der Waals surface area contributed by atoms with E-state index < -0.39 is 21.7 Å². The van der Waals surface area contributed by atoms with Crippen LogP contribution in [0, 0.1) is 0 Å². The smallest absolute Gasteiger partial charge is 0.230 e. The van der Waals surface area contributed by atoms with Crippen LogP contribution < -0.4 is 0 Å². The Morgan fingerprint density at radius 3 is 2.34 bits per heavy atom. The molecule has 0 aliphatic heterocycles. The van der Waals surface area contributed by atoms with Gasteiger partial charge >= 0.3 is 6.18 Å². The van der Waals surface area contributed by atoms with E-state index >= 15 is 0 Å². The molecular formula is C21H13Cl2F3N2O2S2. The Bertz CT molecular complexity index is 1430. The van der Waals surface area contributed by atoms with Crippen molar-refractivity contribution in [3.05, 3.63) is 76.4 Å². The van der Waals surface area contributed by atoms with Gasteiger partial charge in [0.2, 0.25) is 0 Å². The minimum absolute atomic E-state index is 0.0740. The van der Waals surface area contributed by atoms with Crippen LogP contribution in [-0.4, -0.2) is 24.5 Å². The van der Waals surface area contributed by atoms with Crippen molar-refractivity contribution in [3.8, 4) is 26.7 Å². The molecule has 0 aliphatic carbocycles. The third-order valence-electron chi connectivity index (χ3n) is 4.56. The van der Waals surface area contributed by atoms with Gasteiger partial charge in [0.05, 0.1) is 31.2 Å². The van der Waals surface area contributed by atoms with Gasteiger partial charge in [0.15, 0.2) is 15.5 Å². The number of hydrogen-bond donors (Lipinski definition) is 0. The SMILES string of the molecule is CS(=O)(=O)c1cccc(-c2ccc(-c3cc(C(F)(F)F)nn3-c3cccc(Cl)c3Cl)s2)c1. The highest BCUT2D eigenvalue weighted by Gasteiger charge is 2.35. The minimum atomic E-state index is -4.66. The van der Waals surface area contributed by atoms with Crippen LogP contribution in [0.1, 0.15) is 5.69 Å². The summed E-state index contributed by atoms with van der Waals surface area (Å²) in [6.45, 7) is 0. The minimum Gasteiger partial charge on any atom is -0.230 e. The third kappa shape index (κ3) is 4.43. The number of alkyl halides is 3. The number of halogens is 5. The number of hydrogen-bond acceptors (Lipinski definition) is 4. The molecule has 0 spiro atoms. The van der Waals surface area contributed by atoms with Gasteiger partial charge in [-0.2, -0.15) is 18.3 Å². The zero-order valence-electron chi connectivity index (χ0n) is 16.2. The van der Waals surface area contributed by atoms with Crippen molar-refractivity contribution in [1.82, 2.24) is 9.78 Å². The lowest BCUT2D eigenvalue weighted by Gasteiger charge is -2.09. The standard InChI is InChI=1S/C21H13Cl2F3N2O2S2/c1-32(29,30)13-5-2-4-12(10-13)17-8-9-18(31-17)16-11-19(21(24,25)26)27-28(16)15-7-3-6-14(22)20(15)23/h2-11H,1H3. The quantitative estimate of drug-likeness (QED) is 0.293. The summed E-state index contributed by atoms with van der Waals surface area (Å²) in [7, 11) is -3.40. The van der Waals surface area contributed by atoms with Crippen LogP contribution in [0.15, 0.2) is 65.6 Å². The van der Waals surface area contributed by atoms with Crippen LogP contribution >= 0.6 is 34.5 Å². The van der Waals surface area contributed by atoms with E-state index in [1.165, 1.54) is 35.6 Å². The molecule has 4 rings (SSSR count). The number of thiophene rings is 1. The normalized spacial score (nSPS) is 12.3. The molecule has 0 bridgehead atoms. The van der Waals surface area contributed by atoms with Gasteiger partial charge in [-0.15, -0.1) is 11.3 Å². The van der Waals surface area contributed by atoms with E-state index in [4.69, 9.17) is 23.2 Å². The first-order valence-electron chi connectivity index (χ1n) is 8.97. The number of benzene rings is 2. The second kappa shape index (κ2) is 8.22. The molecule has 0 N–H and O–H groups in total. The summed E-state index contributed by atoms with van der Waals surface area (Å²) >= 11 is 13.5. The molecule has 0 amide bonds. The molecule has 166 valence electrons. The number of sulfone groups is 1. The van der Waals surface area contributed by atoms with Crippen LogP contribution in [0.5, 0.6) is 0 Å². The molecule has 4 aromatic rings. The summed E-state index contributed by atoms with van der Waals surface area (Å²) in [5.74, 6) is 0. The highest BCUT2D eigenvalue weighted by molar-refractivity contribution is 7.90. The summed E-state index contributed by atoms with van der Waals surface area (Å²) in [4.78, 5) is 1.33. The second-order valence-corrected chi connectivity index (χ2v) is 10.7. The number of rotatable bonds is 4. The van der Waals surface area contributed by atoms with Crippen molar-refractivity contribution in [2.45, 2.75) is 11.1 Å². The highest BCUT2D eigenvalue weighted by atomic mass is 35.5. The number of aromatic nitrogens is 2. The van der Waals surface area contributed by atoms with Crippen molar-refractivity contribution in [2.24, 2.45) is 0 Å². The van der Waals surface area contributed by atoms with E-state index in [0.29, 0.717) is 15.3 Å². The van der Waals surface area contributed by atoms with Crippen LogP contribution in [0.2, 0.25) is 10.0 Å². The fourth-order valence-corrected chi connectivity index (χ4v) is 5.09. The van der Waals surface area contributed by atoms with E-state index in [-0.39, 0.29) is 26.3 Å². The van der Waals surface area contributed by atoms with Crippen molar-refractivity contribution in [1.29, 1.82) is 0 Å². The first kappa shape index (κ1) is 22.8. The molecule has 32 heavy (non-hydrogen) atoms. The molecule has 0 fully saturated rings. The van der Waals surface area contributed by atoms with Crippen LogP contribution in [0.25, 0.3) is 26.7 Å². The summed E-state index contributed by atoms with van der Waals surface area (Å²) in [5.41, 5.74) is -0.0552. The monoisotopic (exact) mass is 516 g/mol. The van der Waals surface area contributed by atoms with E-state index in [0.717, 1.165) is 17.0 Å². The summed E-state index contributed by atoms with van der Waals surface area (Å²) in [6, 6.07) is 15.3. The Morgan fingerprint density at radius 1 is 0.969 bits per heavy atom. The molecule has 4 nitrogen and oxygen atoms in total. The summed E-state index contributed by atoms with van der Waals surface area (Å²) in [6.07, 6.45) is -3.55. The lowest BCUT2D eigenvalue weighted by atomic mass is 10.2. The van der Waals surface area contributed by atoms with Crippen LogP contribution in [0.3, 0.4) is 0 Å². The van der Waals surface area contributed by atoms with Gasteiger partial charge in [0, 0.05) is 11.1 Å². The van der Waals surface area contributed by atoms with E-state index in [9.17, 15) is 21.6 Å². The van der Waals surface area contributed by atoms with E-state index in [2.05, 4.69) is 5.10 Å². The van der Waals surface area contributed by atoms with Gasteiger partial charge in [-0.1, -0.05) is 41.4 Å². The average Bonchev–Trinajstić information content (AvgIpc) is 3.36. The Kier molecular flexibility index (Phi) is 5.87. The lowest BCUT2D eigenvalue weighted by Crippen LogP contribution is -2.07. The Labute approximate surface area is 195 Å². The lowest BCUT2D eigenvalue weighted by molar-refractivity contribution is -0.141. The van der Waals surface area contributed by atoms with Crippen LogP contribution in [0.4, 0.5) is 13.2 Å². The molecule has 2 aromatic heterocycles. The van der Waals surface area contributed by atoms with E-state index in [1.807, 2.05) is 0 Å². The molecular weight excluding hydrogens is 504 g/mol. The maximum absolute atomic E-state index is 13.4. The average molecular weight is 517 g/mol.